The Balaban J connectivity index is 1.62. The van der Waals surface area contributed by atoms with Crippen molar-refractivity contribution in [3.63, 3.8) is 0 Å². The predicted molar refractivity (Wildman–Crippen MR) is 93.7 cm³/mol. The maximum absolute atomic E-state index is 4.68. The van der Waals surface area contributed by atoms with Crippen molar-refractivity contribution >= 4 is 5.96 Å². The molecule has 1 aliphatic carbocycles. The molecule has 1 aliphatic rings. The molecule has 0 unspecified atom stereocenters. The molecule has 0 atom stereocenters. The summed E-state index contributed by atoms with van der Waals surface area (Å²) in [7, 11) is 0. The minimum Gasteiger partial charge on any atom is -0.357 e. The van der Waals surface area contributed by atoms with E-state index < -0.39 is 0 Å². The van der Waals surface area contributed by atoms with E-state index in [1.807, 2.05) is 16.9 Å². The Labute approximate surface area is 137 Å². The van der Waals surface area contributed by atoms with E-state index in [2.05, 4.69) is 64.1 Å². The molecule has 2 aromatic rings. The van der Waals surface area contributed by atoms with Gasteiger partial charge in [0.25, 0.3) is 0 Å². The average Bonchev–Trinajstić information content (AvgIpc) is 3.27. The molecule has 120 valence electrons. The molecule has 0 bridgehead atoms. The van der Waals surface area contributed by atoms with Crippen molar-refractivity contribution in [3.8, 4) is 5.69 Å². The standard InChI is InChI=1S/C18H23N5/c1-2-19-18(22-16-6-3-4-7-16)20-14-15-8-10-17(11-9-15)23-13-5-12-21-23/h3-5,8-13,16H,2,6-7,14H2,1H3,(H2,19,20,22). The lowest BCUT2D eigenvalue weighted by atomic mass is 10.2. The lowest BCUT2D eigenvalue weighted by molar-refractivity contribution is 0.633. The lowest BCUT2D eigenvalue weighted by Crippen LogP contribution is -2.42. The largest absolute Gasteiger partial charge is 0.357 e. The van der Waals surface area contributed by atoms with E-state index in [1.165, 1.54) is 5.56 Å². The van der Waals surface area contributed by atoms with Crippen LogP contribution in [0.25, 0.3) is 5.69 Å². The molecular weight excluding hydrogens is 286 g/mol. The molecule has 0 radical (unpaired) electrons. The van der Waals surface area contributed by atoms with Crippen LogP contribution in [0.15, 0.2) is 59.9 Å². The second-order valence-corrected chi connectivity index (χ2v) is 5.60. The molecular formula is C18H23N5. The van der Waals surface area contributed by atoms with Gasteiger partial charge in [-0.25, -0.2) is 9.67 Å². The van der Waals surface area contributed by atoms with Crippen molar-refractivity contribution in [2.45, 2.75) is 32.4 Å². The molecule has 0 amide bonds. The van der Waals surface area contributed by atoms with Gasteiger partial charge in [0, 0.05) is 25.0 Å². The zero-order valence-corrected chi connectivity index (χ0v) is 13.4. The van der Waals surface area contributed by atoms with Gasteiger partial charge in [-0.2, -0.15) is 5.10 Å². The SMILES string of the molecule is CCNC(=NCc1ccc(-n2cccn2)cc1)NC1CC=CC1. The quantitative estimate of drug-likeness (QED) is 0.507. The fourth-order valence-electron chi connectivity index (χ4n) is 2.59. The maximum atomic E-state index is 4.68. The van der Waals surface area contributed by atoms with Gasteiger partial charge in [-0.05, 0) is 43.5 Å². The van der Waals surface area contributed by atoms with E-state index in [9.17, 15) is 0 Å². The third-order valence-electron chi connectivity index (χ3n) is 3.82. The van der Waals surface area contributed by atoms with Crippen LogP contribution in [-0.2, 0) is 6.54 Å². The minimum atomic E-state index is 0.468. The van der Waals surface area contributed by atoms with Gasteiger partial charge in [-0.15, -0.1) is 0 Å². The first-order valence-corrected chi connectivity index (χ1v) is 8.14. The van der Waals surface area contributed by atoms with Gasteiger partial charge in [0.2, 0.25) is 0 Å². The van der Waals surface area contributed by atoms with Crippen molar-refractivity contribution < 1.29 is 0 Å². The second kappa shape index (κ2) is 7.63. The Morgan fingerprint density at radius 1 is 1.26 bits per heavy atom. The van der Waals surface area contributed by atoms with Gasteiger partial charge >= 0.3 is 0 Å². The maximum Gasteiger partial charge on any atom is 0.191 e. The summed E-state index contributed by atoms with van der Waals surface area (Å²) in [4.78, 5) is 4.68. The summed E-state index contributed by atoms with van der Waals surface area (Å²) in [5.41, 5.74) is 2.24. The number of benzene rings is 1. The van der Waals surface area contributed by atoms with Crippen LogP contribution >= 0.6 is 0 Å². The molecule has 0 aliphatic heterocycles. The smallest absolute Gasteiger partial charge is 0.191 e. The summed E-state index contributed by atoms with van der Waals surface area (Å²) < 4.78 is 1.85. The number of hydrogen-bond donors (Lipinski definition) is 2. The highest BCUT2D eigenvalue weighted by atomic mass is 15.3. The first-order chi connectivity index (χ1) is 11.3. The molecule has 0 fully saturated rings. The monoisotopic (exact) mass is 309 g/mol. The highest BCUT2D eigenvalue weighted by Gasteiger charge is 2.11. The molecule has 1 aromatic heterocycles. The Kier molecular flexibility index (Phi) is 5.09. The number of nitrogens with one attached hydrogen (secondary N) is 2. The molecule has 5 heteroatoms. The van der Waals surface area contributed by atoms with E-state index in [0.29, 0.717) is 12.6 Å². The van der Waals surface area contributed by atoms with Crippen LogP contribution in [-0.4, -0.2) is 28.3 Å². The van der Waals surface area contributed by atoms with Crippen molar-refractivity contribution in [1.82, 2.24) is 20.4 Å². The number of nitrogens with zero attached hydrogens (tertiary/aromatic N) is 3. The number of hydrogen-bond acceptors (Lipinski definition) is 2. The van der Waals surface area contributed by atoms with Crippen LogP contribution in [0.2, 0.25) is 0 Å². The molecule has 0 saturated heterocycles. The summed E-state index contributed by atoms with van der Waals surface area (Å²) in [6.07, 6.45) is 10.3. The minimum absolute atomic E-state index is 0.468. The summed E-state index contributed by atoms with van der Waals surface area (Å²) in [6.45, 7) is 3.61. The van der Waals surface area contributed by atoms with E-state index in [4.69, 9.17) is 0 Å². The second-order valence-electron chi connectivity index (χ2n) is 5.60. The fourth-order valence-corrected chi connectivity index (χ4v) is 2.59. The van der Waals surface area contributed by atoms with Crippen LogP contribution in [0.1, 0.15) is 25.3 Å². The van der Waals surface area contributed by atoms with E-state index >= 15 is 0 Å². The van der Waals surface area contributed by atoms with E-state index in [0.717, 1.165) is 31.0 Å². The van der Waals surface area contributed by atoms with Crippen molar-refractivity contribution in [2.75, 3.05) is 6.54 Å². The summed E-state index contributed by atoms with van der Waals surface area (Å²) >= 11 is 0. The zero-order chi connectivity index (χ0) is 15.9. The molecule has 3 rings (SSSR count). The van der Waals surface area contributed by atoms with Crippen LogP contribution in [0.5, 0.6) is 0 Å². The lowest BCUT2D eigenvalue weighted by Gasteiger charge is -2.16. The van der Waals surface area contributed by atoms with Crippen LogP contribution < -0.4 is 10.6 Å². The molecule has 0 spiro atoms. The van der Waals surface area contributed by atoms with Gasteiger partial charge in [0.1, 0.15) is 0 Å². The van der Waals surface area contributed by atoms with Crippen LogP contribution in [0, 0.1) is 0 Å². The molecule has 1 heterocycles. The molecule has 2 N–H and O–H groups in total. The topological polar surface area (TPSA) is 54.2 Å². The fraction of sp³-hybridized carbons (Fsp3) is 0.333. The Bertz CT molecular complexity index is 647. The molecule has 1 aromatic carbocycles. The Morgan fingerprint density at radius 2 is 2.04 bits per heavy atom. The Hall–Kier alpha value is -2.56. The predicted octanol–water partition coefficient (Wildman–Crippen LogP) is 2.65. The van der Waals surface area contributed by atoms with Gasteiger partial charge < -0.3 is 10.6 Å². The Morgan fingerprint density at radius 3 is 2.70 bits per heavy atom. The summed E-state index contributed by atoms with van der Waals surface area (Å²) in [5, 5.41) is 11.0. The third-order valence-corrected chi connectivity index (χ3v) is 3.82. The zero-order valence-electron chi connectivity index (χ0n) is 13.4. The van der Waals surface area contributed by atoms with E-state index in [-0.39, 0.29) is 0 Å². The van der Waals surface area contributed by atoms with Crippen molar-refractivity contribution in [3.05, 3.63) is 60.4 Å². The van der Waals surface area contributed by atoms with E-state index in [1.54, 1.807) is 6.20 Å². The van der Waals surface area contributed by atoms with Gasteiger partial charge in [-0.1, -0.05) is 24.3 Å². The van der Waals surface area contributed by atoms with Crippen molar-refractivity contribution in [1.29, 1.82) is 0 Å². The molecule has 5 nitrogen and oxygen atoms in total. The number of guanidine groups is 1. The highest BCUT2D eigenvalue weighted by Crippen LogP contribution is 2.11. The number of aromatic nitrogens is 2. The first kappa shape index (κ1) is 15.3. The number of rotatable bonds is 5. The highest BCUT2D eigenvalue weighted by molar-refractivity contribution is 5.80. The summed E-state index contributed by atoms with van der Waals surface area (Å²) in [5.74, 6) is 0.886. The van der Waals surface area contributed by atoms with Gasteiger partial charge in [-0.3, -0.25) is 0 Å². The van der Waals surface area contributed by atoms with Crippen LogP contribution in [0.4, 0.5) is 0 Å². The normalized spacial score (nSPS) is 15.1. The number of aliphatic imine (C=N–C) groups is 1. The third kappa shape index (κ3) is 4.22. The van der Waals surface area contributed by atoms with Gasteiger partial charge in [0.05, 0.1) is 12.2 Å². The molecule has 23 heavy (non-hydrogen) atoms. The summed E-state index contributed by atoms with van der Waals surface area (Å²) in [6, 6.07) is 10.7. The molecule has 0 saturated carbocycles. The average molecular weight is 309 g/mol. The first-order valence-electron chi connectivity index (χ1n) is 8.14. The van der Waals surface area contributed by atoms with Gasteiger partial charge in [0.15, 0.2) is 5.96 Å². The van der Waals surface area contributed by atoms with Crippen molar-refractivity contribution in [2.24, 2.45) is 4.99 Å². The van der Waals surface area contributed by atoms with Crippen LogP contribution in [0.3, 0.4) is 0 Å².